The summed E-state index contributed by atoms with van der Waals surface area (Å²) >= 11 is 0. The largest absolute Gasteiger partial charge is 0.480 e. The first-order chi connectivity index (χ1) is 6.27. The van der Waals surface area contributed by atoms with E-state index in [0.717, 1.165) is 0 Å². The van der Waals surface area contributed by atoms with Crippen LogP contribution in [0.2, 0.25) is 0 Å². The van der Waals surface area contributed by atoms with E-state index in [1.807, 2.05) is 4.90 Å². The van der Waals surface area contributed by atoms with Crippen molar-refractivity contribution in [2.24, 2.45) is 0 Å². The first-order valence-electron chi connectivity index (χ1n) is 4.05. The molecule has 70 valence electrons. The van der Waals surface area contributed by atoms with Crippen LogP contribution in [0.5, 0.6) is 0 Å². The molecule has 1 atom stereocenters. The number of carboxylic acids is 1. The average Bonchev–Trinajstić information content (AvgIpc) is 2.17. The van der Waals surface area contributed by atoms with Gasteiger partial charge in [-0.05, 0) is 6.42 Å². The first-order valence-corrected chi connectivity index (χ1v) is 4.05. The molecule has 2 aliphatic heterocycles. The van der Waals surface area contributed by atoms with Crippen molar-refractivity contribution < 1.29 is 14.6 Å². The Morgan fingerprint density at radius 1 is 1.77 bits per heavy atom. The molecule has 2 rings (SSSR count). The second-order valence-corrected chi connectivity index (χ2v) is 2.94. The summed E-state index contributed by atoms with van der Waals surface area (Å²) in [5, 5.41) is 11.6. The molecule has 0 radical (unpaired) electrons. The molecule has 13 heavy (non-hydrogen) atoms. The quantitative estimate of drug-likeness (QED) is 0.599. The van der Waals surface area contributed by atoms with Gasteiger partial charge in [0.1, 0.15) is 24.4 Å². The van der Waals surface area contributed by atoms with Crippen molar-refractivity contribution in [2.45, 2.75) is 12.5 Å². The molecule has 2 heterocycles. The number of nitrogens with one attached hydrogen (secondary N) is 1. The van der Waals surface area contributed by atoms with Crippen LogP contribution in [0.1, 0.15) is 6.42 Å². The van der Waals surface area contributed by atoms with Crippen molar-refractivity contribution in [3.05, 3.63) is 24.5 Å². The van der Waals surface area contributed by atoms with Gasteiger partial charge in [-0.2, -0.15) is 0 Å². The van der Waals surface area contributed by atoms with Gasteiger partial charge in [0, 0.05) is 12.7 Å². The fourth-order valence-corrected chi connectivity index (χ4v) is 1.38. The predicted molar refractivity (Wildman–Crippen MR) is 44.2 cm³/mol. The third kappa shape index (κ3) is 1.44. The Morgan fingerprint density at radius 3 is 3.38 bits per heavy atom. The van der Waals surface area contributed by atoms with E-state index in [9.17, 15) is 4.79 Å². The van der Waals surface area contributed by atoms with Crippen molar-refractivity contribution in [2.75, 3.05) is 6.54 Å². The van der Waals surface area contributed by atoms with Crippen LogP contribution in [0, 0.1) is 0 Å². The Labute approximate surface area is 75.3 Å². The number of hydrogen-bond acceptors (Lipinski definition) is 4. The molecule has 0 spiro atoms. The van der Waals surface area contributed by atoms with Gasteiger partial charge in [-0.1, -0.05) is 0 Å². The fourth-order valence-electron chi connectivity index (χ4n) is 1.38. The van der Waals surface area contributed by atoms with E-state index in [-0.39, 0.29) is 0 Å². The number of nitrogens with zero attached hydrogens (tertiary/aromatic N) is 1. The van der Waals surface area contributed by atoms with E-state index in [1.165, 1.54) is 6.26 Å². The Morgan fingerprint density at radius 2 is 2.62 bits per heavy atom. The number of aliphatic carboxylic acids is 1. The zero-order chi connectivity index (χ0) is 9.26. The lowest BCUT2D eigenvalue weighted by atomic mass is 10.1. The molecule has 5 heteroatoms. The molecule has 0 aromatic carbocycles. The van der Waals surface area contributed by atoms with Crippen LogP contribution < -0.4 is 5.32 Å². The maximum Gasteiger partial charge on any atom is 0.326 e. The van der Waals surface area contributed by atoms with Crippen LogP contribution in [0.25, 0.3) is 0 Å². The highest BCUT2D eigenvalue weighted by Gasteiger charge is 2.26. The molecule has 5 nitrogen and oxygen atoms in total. The maximum atomic E-state index is 10.7. The van der Waals surface area contributed by atoms with Gasteiger partial charge >= 0.3 is 5.97 Å². The molecule has 2 N–H and O–H groups in total. The second kappa shape index (κ2) is 3.01. The summed E-state index contributed by atoms with van der Waals surface area (Å²) < 4.78 is 4.93. The van der Waals surface area contributed by atoms with Crippen LogP contribution in [0.3, 0.4) is 0 Å². The highest BCUT2D eigenvalue weighted by atomic mass is 16.5. The van der Waals surface area contributed by atoms with Gasteiger partial charge in [-0.15, -0.1) is 0 Å². The van der Waals surface area contributed by atoms with Gasteiger partial charge in [-0.25, -0.2) is 4.79 Å². The van der Waals surface area contributed by atoms with E-state index in [2.05, 4.69) is 5.32 Å². The van der Waals surface area contributed by atoms with Crippen molar-refractivity contribution in [1.29, 1.82) is 0 Å². The molecule has 0 aromatic heterocycles. The summed E-state index contributed by atoms with van der Waals surface area (Å²) in [7, 11) is 0. The van der Waals surface area contributed by atoms with Gasteiger partial charge in [0.05, 0.1) is 0 Å². The highest BCUT2D eigenvalue weighted by Crippen LogP contribution is 2.16. The van der Waals surface area contributed by atoms with E-state index in [0.29, 0.717) is 18.8 Å². The summed E-state index contributed by atoms with van der Waals surface area (Å²) in [5.41, 5.74) is 0. The van der Waals surface area contributed by atoms with Crippen LogP contribution in [0.4, 0.5) is 0 Å². The number of rotatable bonds is 1. The minimum Gasteiger partial charge on any atom is -0.480 e. The Hall–Kier alpha value is -1.65. The molecule has 1 unspecified atom stereocenters. The highest BCUT2D eigenvalue weighted by molar-refractivity contribution is 5.74. The van der Waals surface area contributed by atoms with Crippen LogP contribution in [0.15, 0.2) is 24.5 Å². The number of carbonyl (C=O) groups is 1. The van der Waals surface area contributed by atoms with Gasteiger partial charge in [0.2, 0.25) is 0 Å². The van der Waals surface area contributed by atoms with Gasteiger partial charge in [0.25, 0.3) is 0 Å². The number of fused-ring (bicyclic) bond motifs is 1. The molecule has 1 saturated heterocycles. The minimum absolute atomic E-state index is 0.502. The summed E-state index contributed by atoms with van der Waals surface area (Å²) in [6.07, 6.45) is 5.44. The number of ether oxygens (including phenoxy) is 1. The first kappa shape index (κ1) is 7.97. The van der Waals surface area contributed by atoms with E-state index < -0.39 is 12.0 Å². The van der Waals surface area contributed by atoms with Crippen molar-refractivity contribution >= 4 is 5.97 Å². The minimum atomic E-state index is -0.824. The SMILES string of the molecule is O=C(O)C1CCN2C=COC=C2N1. The van der Waals surface area contributed by atoms with Gasteiger partial charge in [-0.3, -0.25) is 0 Å². The lowest BCUT2D eigenvalue weighted by Gasteiger charge is -2.33. The van der Waals surface area contributed by atoms with E-state index in [4.69, 9.17) is 9.84 Å². The molecule has 2 aliphatic rings. The topological polar surface area (TPSA) is 61.8 Å². The third-order valence-corrected chi connectivity index (χ3v) is 2.09. The number of hydrogen-bond donors (Lipinski definition) is 2. The molecule has 0 amide bonds. The maximum absolute atomic E-state index is 10.7. The number of carboxylic acid groups (broad SMARTS) is 1. The van der Waals surface area contributed by atoms with Crippen LogP contribution >= 0.6 is 0 Å². The molecule has 0 saturated carbocycles. The smallest absolute Gasteiger partial charge is 0.326 e. The lowest BCUT2D eigenvalue weighted by Crippen LogP contribution is -2.47. The summed E-state index contributed by atoms with van der Waals surface area (Å²) in [5.74, 6) is -0.115. The Bertz CT molecular complexity index is 285. The standard InChI is InChI=1S/C8H10N2O3/c11-8(12)6-1-2-10-3-4-13-5-7(10)9-6/h3-6,9H,1-2H2,(H,11,12). The fraction of sp³-hybridized carbons (Fsp3) is 0.375. The van der Waals surface area contributed by atoms with Crippen molar-refractivity contribution in [3.8, 4) is 0 Å². The van der Waals surface area contributed by atoms with E-state index >= 15 is 0 Å². The zero-order valence-corrected chi connectivity index (χ0v) is 6.93. The lowest BCUT2D eigenvalue weighted by molar-refractivity contribution is -0.140. The normalized spacial score (nSPS) is 25.4. The van der Waals surface area contributed by atoms with Crippen molar-refractivity contribution in [1.82, 2.24) is 10.2 Å². The summed E-state index contributed by atoms with van der Waals surface area (Å²) in [6.45, 7) is 0.704. The third-order valence-electron chi connectivity index (χ3n) is 2.09. The zero-order valence-electron chi connectivity index (χ0n) is 6.93. The monoisotopic (exact) mass is 182 g/mol. The Balaban J connectivity index is 2.08. The summed E-state index contributed by atoms with van der Waals surface area (Å²) in [6, 6.07) is -0.502. The molecular formula is C8H10N2O3. The van der Waals surface area contributed by atoms with Crippen LogP contribution in [-0.2, 0) is 9.53 Å². The van der Waals surface area contributed by atoms with Gasteiger partial charge < -0.3 is 20.1 Å². The summed E-state index contributed by atoms with van der Waals surface area (Å²) in [4.78, 5) is 12.6. The molecular weight excluding hydrogens is 172 g/mol. The Kier molecular flexibility index (Phi) is 1.84. The van der Waals surface area contributed by atoms with Crippen molar-refractivity contribution in [3.63, 3.8) is 0 Å². The van der Waals surface area contributed by atoms with Crippen LogP contribution in [-0.4, -0.2) is 28.6 Å². The van der Waals surface area contributed by atoms with Gasteiger partial charge in [0.15, 0.2) is 0 Å². The predicted octanol–water partition coefficient (Wildman–Crippen LogP) is 0.0352. The molecule has 0 aromatic rings. The second-order valence-electron chi connectivity index (χ2n) is 2.94. The molecule has 0 bridgehead atoms. The molecule has 0 aliphatic carbocycles. The van der Waals surface area contributed by atoms with E-state index in [1.54, 1.807) is 12.5 Å². The molecule has 1 fully saturated rings. The average molecular weight is 182 g/mol.